The van der Waals surface area contributed by atoms with Gasteiger partial charge in [-0.1, -0.05) is 30.3 Å². The van der Waals surface area contributed by atoms with Crippen molar-refractivity contribution in [1.29, 1.82) is 0 Å². The maximum atomic E-state index is 10.8. The van der Waals surface area contributed by atoms with E-state index < -0.39 is 5.97 Å². The summed E-state index contributed by atoms with van der Waals surface area (Å²) in [6.45, 7) is 0.868. The molecule has 0 aliphatic heterocycles. The molecule has 0 aliphatic carbocycles. The van der Waals surface area contributed by atoms with Crippen LogP contribution in [0.4, 0.5) is 5.69 Å². The number of carbonyl (C=O) groups is 1. The third-order valence-electron chi connectivity index (χ3n) is 3.23. The third kappa shape index (κ3) is 3.92. The monoisotopic (exact) mass is 335 g/mol. The molecule has 0 aliphatic rings. The predicted octanol–water partition coefficient (Wildman–Crippen LogP) is 0.156. The Bertz CT molecular complexity index is 565. The van der Waals surface area contributed by atoms with Gasteiger partial charge in [0, 0.05) is 5.56 Å². The summed E-state index contributed by atoms with van der Waals surface area (Å²) in [6, 6.07) is 17.3. The first kappa shape index (κ1) is 16.4. The Labute approximate surface area is 129 Å². The van der Waals surface area contributed by atoms with Crippen LogP contribution in [0, 0.1) is 0 Å². The van der Waals surface area contributed by atoms with Crippen LogP contribution in [-0.2, 0) is 6.54 Å². The molecule has 0 bridgehead atoms. The van der Waals surface area contributed by atoms with E-state index in [0.29, 0.717) is 10.0 Å². The van der Waals surface area contributed by atoms with E-state index in [1.54, 1.807) is 12.1 Å². The van der Waals surface area contributed by atoms with Crippen molar-refractivity contribution in [2.24, 2.45) is 0 Å². The van der Waals surface area contributed by atoms with Crippen molar-refractivity contribution >= 4 is 11.7 Å². The lowest BCUT2D eigenvalue weighted by molar-refractivity contribution is -0.0000196. The number of aromatic carboxylic acids is 1. The van der Waals surface area contributed by atoms with Crippen LogP contribution < -0.4 is 21.5 Å². The van der Waals surface area contributed by atoms with Crippen molar-refractivity contribution in [3.63, 3.8) is 0 Å². The van der Waals surface area contributed by atoms with Gasteiger partial charge in [0.15, 0.2) is 0 Å². The highest BCUT2D eigenvalue weighted by Gasteiger charge is 2.19. The molecule has 0 spiro atoms. The Morgan fingerprint density at radius 1 is 1.00 bits per heavy atom. The lowest BCUT2D eigenvalue weighted by Crippen LogP contribution is -3.00. The first-order chi connectivity index (χ1) is 8.99. The van der Waals surface area contributed by atoms with Crippen molar-refractivity contribution in [2.75, 3.05) is 14.1 Å². The van der Waals surface area contributed by atoms with Crippen LogP contribution in [0.3, 0.4) is 0 Å². The zero-order valence-electron chi connectivity index (χ0n) is 11.6. The second-order valence-electron chi connectivity index (χ2n) is 5.18. The molecule has 2 aromatic rings. The lowest BCUT2D eigenvalue weighted by atomic mass is 10.1. The molecule has 1 N–H and O–H groups in total. The van der Waals surface area contributed by atoms with Gasteiger partial charge in [-0.15, -0.1) is 0 Å². The van der Waals surface area contributed by atoms with Gasteiger partial charge in [-0.2, -0.15) is 0 Å². The number of halogens is 1. The van der Waals surface area contributed by atoms with Gasteiger partial charge >= 0.3 is 5.97 Å². The molecule has 2 rings (SSSR count). The van der Waals surface area contributed by atoms with Crippen LogP contribution in [0.1, 0.15) is 15.9 Å². The second-order valence-corrected chi connectivity index (χ2v) is 5.18. The lowest BCUT2D eigenvalue weighted by Gasteiger charge is -2.29. The molecule has 4 heteroatoms. The van der Waals surface area contributed by atoms with E-state index in [4.69, 9.17) is 5.11 Å². The summed E-state index contributed by atoms with van der Waals surface area (Å²) in [5, 5.41) is 8.91. The molecular weight excluding hydrogens is 318 g/mol. The van der Waals surface area contributed by atoms with E-state index in [9.17, 15) is 4.79 Å². The van der Waals surface area contributed by atoms with E-state index >= 15 is 0 Å². The summed E-state index contributed by atoms with van der Waals surface area (Å²) in [5.74, 6) is -0.889. The molecule has 0 heterocycles. The van der Waals surface area contributed by atoms with Crippen LogP contribution in [0.25, 0.3) is 0 Å². The van der Waals surface area contributed by atoms with Crippen molar-refractivity contribution in [3.05, 3.63) is 65.7 Å². The largest absolute Gasteiger partial charge is 1.00 e. The number of benzene rings is 2. The zero-order valence-corrected chi connectivity index (χ0v) is 13.2. The van der Waals surface area contributed by atoms with E-state index in [1.807, 2.05) is 30.3 Å². The Morgan fingerprint density at radius 3 is 2.05 bits per heavy atom. The summed E-state index contributed by atoms with van der Waals surface area (Å²) in [6.07, 6.45) is 0. The molecule has 0 aromatic heterocycles. The number of quaternary nitrogens is 1. The zero-order chi connectivity index (χ0) is 13.9. The maximum Gasteiger partial charge on any atom is 0.335 e. The summed E-state index contributed by atoms with van der Waals surface area (Å²) in [4.78, 5) is 10.8. The first-order valence-corrected chi connectivity index (χ1v) is 6.20. The van der Waals surface area contributed by atoms with Crippen LogP contribution in [0.2, 0.25) is 0 Å². The SMILES string of the molecule is C[N+](C)(Cc1ccccc1)c1ccc(C(=O)O)cc1.[Br-]. The minimum atomic E-state index is -0.889. The van der Waals surface area contributed by atoms with Gasteiger partial charge in [-0.25, -0.2) is 4.79 Å². The average Bonchev–Trinajstić information content (AvgIpc) is 2.39. The number of hydrogen-bond acceptors (Lipinski definition) is 1. The summed E-state index contributed by atoms with van der Waals surface area (Å²) >= 11 is 0. The summed E-state index contributed by atoms with van der Waals surface area (Å²) < 4.78 is 0.684. The van der Waals surface area contributed by atoms with E-state index in [0.717, 1.165) is 12.2 Å². The highest BCUT2D eigenvalue weighted by molar-refractivity contribution is 5.87. The Hall–Kier alpha value is -1.65. The van der Waals surface area contributed by atoms with Crippen LogP contribution in [-0.4, -0.2) is 25.2 Å². The fourth-order valence-electron chi connectivity index (χ4n) is 2.14. The van der Waals surface area contributed by atoms with Crippen LogP contribution >= 0.6 is 0 Å². The Morgan fingerprint density at radius 2 is 1.55 bits per heavy atom. The van der Waals surface area contributed by atoms with E-state index in [-0.39, 0.29) is 17.0 Å². The van der Waals surface area contributed by atoms with Gasteiger partial charge in [-0.05, 0) is 24.3 Å². The highest BCUT2D eigenvalue weighted by Crippen LogP contribution is 2.22. The van der Waals surface area contributed by atoms with Gasteiger partial charge in [-0.3, -0.25) is 4.48 Å². The molecule has 0 unspecified atom stereocenters. The molecular formula is C16H18BrNO2. The van der Waals surface area contributed by atoms with Gasteiger partial charge < -0.3 is 22.1 Å². The van der Waals surface area contributed by atoms with Gasteiger partial charge in [0.1, 0.15) is 12.2 Å². The minimum Gasteiger partial charge on any atom is -1.00 e. The van der Waals surface area contributed by atoms with Gasteiger partial charge in [0.05, 0.1) is 19.7 Å². The predicted molar refractivity (Wildman–Crippen MR) is 77.2 cm³/mol. The number of nitrogens with zero attached hydrogens (tertiary/aromatic N) is 1. The molecule has 0 saturated heterocycles. The number of carboxylic acids is 1. The molecule has 0 fully saturated rings. The Balaban J connectivity index is 0.00000200. The molecule has 106 valence electrons. The number of carboxylic acid groups (broad SMARTS) is 1. The van der Waals surface area contributed by atoms with Crippen molar-refractivity contribution in [1.82, 2.24) is 4.48 Å². The quantitative estimate of drug-likeness (QED) is 0.808. The highest BCUT2D eigenvalue weighted by atomic mass is 79.9. The molecule has 0 atom stereocenters. The van der Waals surface area contributed by atoms with Crippen molar-refractivity contribution in [2.45, 2.75) is 6.54 Å². The standard InChI is InChI=1S/C16H17NO2.BrH/c1-17(2,12-13-6-4-3-5-7-13)15-10-8-14(9-11-15)16(18)19;/h3-11H,12H2,1-2H3;1H. The maximum absolute atomic E-state index is 10.8. The normalized spacial score (nSPS) is 10.7. The molecule has 3 nitrogen and oxygen atoms in total. The van der Waals surface area contributed by atoms with Gasteiger partial charge in [0.2, 0.25) is 0 Å². The Kier molecular flexibility index (Phi) is 5.48. The number of hydrogen-bond donors (Lipinski definition) is 1. The molecule has 2 aromatic carbocycles. The van der Waals surface area contributed by atoms with E-state index in [1.165, 1.54) is 5.56 Å². The third-order valence-corrected chi connectivity index (χ3v) is 3.23. The van der Waals surface area contributed by atoms with Gasteiger partial charge in [0.25, 0.3) is 0 Å². The molecule has 0 saturated carbocycles. The summed E-state index contributed by atoms with van der Waals surface area (Å²) in [5.41, 5.74) is 2.67. The number of rotatable bonds is 4. The topological polar surface area (TPSA) is 37.3 Å². The average molecular weight is 336 g/mol. The van der Waals surface area contributed by atoms with Crippen molar-refractivity contribution in [3.8, 4) is 0 Å². The molecule has 20 heavy (non-hydrogen) atoms. The summed E-state index contributed by atoms with van der Waals surface area (Å²) in [7, 11) is 4.23. The van der Waals surface area contributed by atoms with Crippen molar-refractivity contribution < 1.29 is 26.9 Å². The van der Waals surface area contributed by atoms with Crippen LogP contribution in [0.5, 0.6) is 0 Å². The fraction of sp³-hybridized carbons (Fsp3) is 0.188. The first-order valence-electron chi connectivity index (χ1n) is 6.20. The second kappa shape index (κ2) is 6.68. The van der Waals surface area contributed by atoms with Crippen LogP contribution in [0.15, 0.2) is 54.6 Å². The molecule has 0 radical (unpaired) electrons. The van der Waals surface area contributed by atoms with E-state index in [2.05, 4.69) is 26.2 Å². The fourth-order valence-corrected chi connectivity index (χ4v) is 2.14. The smallest absolute Gasteiger partial charge is 0.335 e. The molecule has 0 amide bonds. The minimum absolute atomic E-state index is 0.